The zero-order valence-electron chi connectivity index (χ0n) is 14.6. The van der Waals surface area contributed by atoms with Crippen molar-refractivity contribution in [3.8, 4) is 5.75 Å². The highest BCUT2D eigenvalue weighted by molar-refractivity contribution is 7.89. The molecule has 2 heterocycles. The van der Waals surface area contributed by atoms with E-state index in [0.29, 0.717) is 30.7 Å². The smallest absolute Gasteiger partial charge is 0.214 e. The zero-order chi connectivity index (χ0) is 17.2. The third-order valence-electron chi connectivity index (χ3n) is 6.80. The van der Waals surface area contributed by atoms with Crippen LogP contribution in [0.4, 0.5) is 0 Å². The lowest BCUT2D eigenvalue weighted by Crippen LogP contribution is -2.45. The fraction of sp³-hybridized carbons (Fsp3) is 0.684. The van der Waals surface area contributed by atoms with Gasteiger partial charge in [0, 0.05) is 20.1 Å². The number of nitrogens with zero attached hydrogens (tertiary/aromatic N) is 1. The van der Waals surface area contributed by atoms with Crippen molar-refractivity contribution in [2.24, 2.45) is 17.8 Å². The maximum absolute atomic E-state index is 13.1. The van der Waals surface area contributed by atoms with Gasteiger partial charge in [-0.15, -0.1) is 0 Å². The highest BCUT2D eigenvalue weighted by Gasteiger charge is 2.61. The topological polar surface area (TPSA) is 55.8 Å². The number of ether oxygens (including phenoxy) is 2. The summed E-state index contributed by atoms with van der Waals surface area (Å²) >= 11 is 0. The van der Waals surface area contributed by atoms with Crippen LogP contribution in [0.1, 0.15) is 24.0 Å². The van der Waals surface area contributed by atoms with Gasteiger partial charge in [-0.05, 0) is 54.2 Å². The first-order valence-electron chi connectivity index (χ1n) is 9.34. The molecule has 1 saturated heterocycles. The molecule has 0 amide bonds. The Balaban J connectivity index is 1.32. The zero-order valence-corrected chi connectivity index (χ0v) is 15.4. The molecular weight excluding hydrogens is 338 g/mol. The molecule has 0 aromatic heterocycles. The van der Waals surface area contributed by atoms with E-state index in [1.807, 2.05) is 12.1 Å². The van der Waals surface area contributed by atoms with Crippen LogP contribution in [0.3, 0.4) is 0 Å². The van der Waals surface area contributed by atoms with Gasteiger partial charge in [-0.3, -0.25) is 0 Å². The second-order valence-electron chi connectivity index (χ2n) is 8.02. The van der Waals surface area contributed by atoms with E-state index in [4.69, 9.17) is 9.47 Å². The summed E-state index contributed by atoms with van der Waals surface area (Å²) in [5.41, 5.74) is 2.29. The Morgan fingerprint density at radius 3 is 3.00 bits per heavy atom. The van der Waals surface area contributed by atoms with Crippen LogP contribution in [-0.4, -0.2) is 50.9 Å². The summed E-state index contributed by atoms with van der Waals surface area (Å²) in [5.74, 6) is 2.75. The minimum absolute atomic E-state index is 0.0761. The number of fused-ring (bicyclic) bond motifs is 2. The molecule has 2 aliphatic heterocycles. The van der Waals surface area contributed by atoms with Gasteiger partial charge in [-0.25, -0.2) is 8.42 Å². The Morgan fingerprint density at radius 1 is 1.28 bits per heavy atom. The van der Waals surface area contributed by atoms with Crippen molar-refractivity contribution in [1.82, 2.24) is 4.31 Å². The molecule has 5 rings (SSSR count). The lowest BCUT2D eigenvalue weighted by atomic mass is 9.88. The number of sulfonamides is 1. The summed E-state index contributed by atoms with van der Waals surface area (Å²) < 4.78 is 39.1. The molecule has 136 valence electrons. The van der Waals surface area contributed by atoms with Crippen LogP contribution in [0, 0.1) is 17.8 Å². The van der Waals surface area contributed by atoms with Crippen molar-refractivity contribution in [1.29, 1.82) is 0 Å². The predicted molar refractivity (Wildman–Crippen MR) is 94.1 cm³/mol. The normalized spacial score (nSPS) is 36.0. The van der Waals surface area contributed by atoms with Gasteiger partial charge in [-0.1, -0.05) is 12.1 Å². The van der Waals surface area contributed by atoms with Crippen molar-refractivity contribution in [3.05, 3.63) is 29.3 Å². The fourth-order valence-corrected chi connectivity index (χ4v) is 7.54. The van der Waals surface area contributed by atoms with Crippen molar-refractivity contribution in [3.63, 3.8) is 0 Å². The number of methoxy groups -OCH3 is 1. The first-order valence-corrected chi connectivity index (χ1v) is 10.9. The Hall–Kier alpha value is -1.11. The van der Waals surface area contributed by atoms with Gasteiger partial charge in [0.25, 0.3) is 0 Å². The summed E-state index contributed by atoms with van der Waals surface area (Å²) in [5, 5.41) is 0. The summed E-state index contributed by atoms with van der Waals surface area (Å²) in [6.07, 6.45) is 3.86. The molecule has 25 heavy (non-hydrogen) atoms. The molecule has 1 aromatic carbocycles. The SMILES string of the molecule is COC1C2CC3CN(S(=O)(=O)CCc4ccc5c(c4)CCO5)C1C3C2. The average molecular weight is 363 g/mol. The average Bonchev–Trinajstić information content (AvgIpc) is 3.31. The van der Waals surface area contributed by atoms with Gasteiger partial charge < -0.3 is 9.47 Å². The third-order valence-corrected chi connectivity index (χ3v) is 8.63. The molecule has 0 N–H and O–H groups in total. The van der Waals surface area contributed by atoms with Crippen LogP contribution in [0.2, 0.25) is 0 Å². The monoisotopic (exact) mass is 363 g/mol. The highest BCUT2D eigenvalue weighted by Crippen LogP contribution is 2.56. The van der Waals surface area contributed by atoms with Crippen LogP contribution < -0.4 is 4.74 Å². The van der Waals surface area contributed by atoms with Crippen LogP contribution in [0.25, 0.3) is 0 Å². The minimum Gasteiger partial charge on any atom is -0.493 e. The Labute approximate surface area is 149 Å². The van der Waals surface area contributed by atoms with E-state index in [1.165, 1.54) is 5.56 Å². The number of benzene rings is 1. The standard InChI is InChI=1S/C19H25NO4S/c1-23-19-14-9-15-11-20(18(19)16(15)10-14)25(21,22)7-5-12-2-3-17-13(8-12)4-6-24-17/h2-3,8,14-16,18-19H,4-7,9-11H2,1H3. The van der Waals surface area contributed by atoms with E-state index in [1.54, 1.807) is 11.4 Å². The Bertz CT molecular complexity index is 791. The summed E-state index contributed by atoms with van der Waals surface area (Å²) in [7, 11) is -1.52. The third kappa shape index (κ3) is 2.45. The molecule has 5 atom stereocenters. The largest absolute Gasteiger partial charge is 0.493 e. The van der Waals surface area contributed by atoms with Gasteiger partial charge in [0.2, 0.25) is 10.0 Å². The Kier molecular flexibility index (Phi) is 3.67. The Morgan fingerprint density at radius 2 is 2.16 bits per heavy atom. The van der Waals surface area contributed by atoms with E-state index in [9.17, 15) is 8.42 Å². The van der Waals surface area contributed by atoms with Crippen molar-refractivity contribution < 1.29 is 17.9 Å². The molecule has 5 unspecified atom stereocenters. The molecule has 3 fully saturated rings. The first kappa shape index (κ1) is 16.1. The molecular formula is C19H25NO4S. The second kappa shape index (κ2) is 5.69. The molecule has 5 nitrogen and oxygen atoms in total. The van der Waals surface area contributed by atoms with Crippen LogP contribution in [0.15, 0.2) is 18.2 Å². The minimum atomic E-state index is -3.25. The highest BCUT2D eigenvalue weighted by atomic mass is 32.2. The number of aryl methyl sites for hydroxylation is 1. The number of hydrogen-bond donors (Lipinski definition) is 0. The maximum atomic E-state index is 13.1. The van der Waals surface area contributed by atoms with Crippen molar-refractivity contribution in [2.45, 2.75) is 37.8 Å². The molecule has 2 saturated carbocycles. The summed E-state index contributed by atoms with van der Waals surface area (Å²) in [4.78, 5) is 0. The lowest BCUT2D eigenvalue weighted by Gasteiger charge is -2.30. The van der Waals surface area contributed by atoms with E-state index >= 15 is 0 Å². The van der Waals surface area contributed by atoms with E-state index < -0.39 is 10.0 Å². The fourth-order valence-electron chi connectivity index (χ4n) is 5.74. The van der Waals surface area contributed by atoms with Crippen LogP contribution in [-0.2, 0) is 27.6 Å². The number of rotatable bonds is 5. The number of hydrogen-bond acceptors (Lipinski definition) is 4. The molecule has 6 heteroatoms. The molecule has 0 spiro atoms. The van der Waals surface area contributed by atoms with E-state index in [0.717, 1.165) is 37.2 Å². The summed E-state index contributed by atoms with van der Waals surface area (Å²) in [6.45, 7) is 1.43. The van der Waals surface area contributed by atoms with Gasteiger partial charge in [-0.2, -0.15) is 4.31 Å². The van der Waals surface area contributed by atoms with Crippen molar-refractivity contribution >= 4 is 10.0 Å². The molecule has 2 aliphatic carbocycles. The first-order chi connectivity index (χ1) is 12.1. The van der Waals surface area contributed by atoms with Gasteiger partial charge >= 0.3 is 0 Å². The lowest BCUT2D eigenvalue weighted by molar-refractivity contribution is 0.0265. The second-order valence-corrected chi connectivity index (χ2v) is 10.1. The molecule has 4 aliphatic rings. The van der Waals surface area contributed by atoms with Crippen molar-refractivity contribution in [2.75, 3.05) is 26.0 Å². The van der Waals surface area contributed by atoms with Crippen LogP contribution in [0.5, 0.6) is 5.75 Å². The van der Waals surface area contributed by atoms with Gasteiger partial charge in [0.05, 0.1) is 24.5 Å². The molecule has 2 bridgehead atoms. The molecule has 1 aromatic rings. The van der Waals surface area contributed by atoms with Gasteiger partial charge in [0.15, 0.2) is 0 Å². The predicted octanol–water partition coefficient (Wildman–Crippen LogP) is 1.85. The van der Waals surface area contributed by atoms with E-state index in [2.05, 4.69) is 6.07 Å². The van der Waals surface area contributed by atoms with E-state index in [-0.39, 0.29) is 17.9 Å². The molecule has 0 radical (unpaired) electrons. The quantitative estimate of drug-likeness (QED) is 0.801. The van der Waals surface area contributed by atoms with Gasteiger partial charge in [0.1, 0.15) is 5.75 Å². The maximum Gasteiger partial charge on any atom is 0.214 e. The summed E-state index contributed by atoms with van der Waals surface area (Å²) in [6, 6.07) is 6.15. The van der Waals surface area contributed by atoms with Crippen LogP contribution >= 0.6 is 0 Å².